The topological polar surface area (TPSA) is 93.4 Å². The Morgan fingerprint density at radius 2 is 1.86 bits per heavy atom. The van der Waals surface area contributed by atoms with Gasteiger partial charge in [-0.25, -0.2) is 8.42 Å². The van der Waals surface area contributed by atoms with E-state index in [2.05, 4.69) is 14.9 Å². The SMILES string of the molecule is CC(Sc1nnc2sc3ccccc3n12)C(=O)c1ccc(NS(C)(=O)=O)cc1. The van der Waals surface area contributed by atoms with E-state index < -0.39 is 10.0 Å². The molecule has 0 amide bonds. The first-order valence-corrected chi connectivity index (χ1v) is 11.9. The van der Waals surface area contributed by atoms with E-state index in [1.54, 1.807) is 35.6 Å². The molecule has 2 aromatic carbocycles. The van der Waals surface area contributed by atoms with E-state index in [1.165, 1.54) is 11.8 Å². The number of sulfonamides is 1. The van der Waals surface area contributed by atoms with Crippen LogP contribution in [0.3, 0.4) is 0 Å². The van der Waals surface area contributed by atoms with Gasteiger partial charge in [0.1, 0.15) is 0 Å². The second-order valence-electron chi connectivity index (χ2n) is 6.25. The third kappa shape index (κ3) is 3.75. The Morgan fingerprint density at radius 1 is 1.14 bits per heavy atom. The lowest BCUT2D eigenvalue weighted by Gasteiger charge is -2.10. The van der Waals surface area contributed by atoms with Gasteiger partial charge >= 0.3 is 0 Å². The first-order chi connectivity index (χ1) is 13.3. The first-order valence-electron chi connectivity index (χ1n) is 8.33. The van der Waals surface area contributed by atoms with Crippen molar-refractivity contribution in [2.75, 3.05) is 11.0 Å². The molecule has 1 atom stereocenters. The number of ketones is 1. The number of fused-ring (bicyclic) bond motifs is 3. The minimum atomic E-state index is -3.35. The molecule has 0 bridgehead atoms. The van der Waals surface area contributed by atoms with Crippen LogP contribution in [0, 0.1) is 0 Å². The molecule has 28 heavy (non-hydrogen) atoms. The molecule has 0 saturated carbocycles. The van der Waals surface area contributed by atoms with Crippen molar-refractivity contribution in [3.63, 3.8) is 0 Å². The third-order valence-electron chi connectivity index (χ3n) is 4.04. The number of para-hydroxylation sites is 1. The summed E-state index contributed by atoms with van der Waals surface area (Å²) in [6.07, 6.45) is 1.08. The first kappa shape index (κ1) is 18.9. The predicted octanol–water partition coefficient (Wildman–Crippen LogP) is 3.68. The Kier molecular flexibility index (Phi) is 4.86. The summed E-state index contributed by atoms with van der Waals surface area (Å²) in [4.78, 5) is 13.6. The van der Waals surface area contributed by atoms with Crippen molar-refractivity contribution >= 4 is 59.8 Å². The summed E-state index contributed by atoms with van der Waals surface area (Å²) >= 11 is 2.91. The van der Waals surface area contributed by atoms with Crippen LogP contribution in [0.5, 0.6) is 0 Å². The van der Waals surface area contributed by atoms with Gasteiger partial charge in [0.2, 0.25) is 15.0 Å². The molecular weight excluding hydrogens is 416 g/mol. The Bertz CT molecular complexity index is 1280. The highest BCUT2D eigenvalue weighted by atomic mass is 32.2. The number of thiazole rings is 1. The number of carbonyl (C=O) groups excluding carboxylic acids is 1. The smallest absolute Gasteiger partial charge is 0.229 e. The van der Waals surface area contributed by atoms with Gasteiger partial charge in [-0.05, 0) is 43.3 Å². The summed E-state index contributed by atoms with van der Waals surface area (Å²) in [7, 11) is -3.35. The van der Waals surface area contributed by atoms with Crippen molar-refractivity contribution in [3.05, 3.63) is 54.1 Å². The number of thioether (sulfide) groups is 1. The van der Waals surface area contributed by atoms with Crippen LogP contribution >= 0.6 is 23.1 Å². The van der Waals surface area contributed by atoms with Gasteiger partial charge in [-0.15, -0.1) is 10.2 Å². The number of hydrogen-bond acceptors (Lipinski definition) is 7. The number of anilines is 1. The highest BCUT2D eigenvalue weighted by Crippen LogP contribution is 2.32. The lowest BCUT2D eigenvalue weighted by atomic mass is 10.1. The van der Waals surface area contributed by atoms with Crippen molar-refractivity contribution in [2.24, 2.45) is 0 Å². The number of nitrogens with one attached hydrogen (secondary N) is 1. The highest BCUT2D eigenvalue weighted by Gasteiger charge is 2.21. The third-order valence-corrected chi connectivity index (χ3v) is 6.70. The lowest BCUT2D eigenvalue weighted by molar-refractivity contribution is 0.0994. The maximum absolute atomic E-state index is 12.8. The van der Waals surface area contributed by atoms with Crippen LogP contribution in [0.1, 0.15) is 17.3 Å². The number of benzene rings is 2. The monoisotopic (exact) mass is 432 g/mol. The van der Waals surface area contributed by atoms with Crippen LogP contribution in [0.25, 0.3) is 15.2 Å². The standard InChI is InChI=1S/C18H16N4O3S3/c1-11(16(23)12-7-9-13(10-8-12)21-28(2,24)25)26-17-19-20-18-22(17)14-5-3-4-6-15(14)27-18/h3-11,21H,1-2H3. The molecule has 0 aliphatic carbocycles. The maximum atomic E-state index is 12.8. The van der Waals surface area contributed by atoms with E-state index in [1.807, 2.05) is 35.6 Å². The molecule has 1 unspecified atom stereocenters. The molecule has 0 fully saturated rings. The van der Waals surface area contributed by atoms with Gasteiger partial charge in [0.05, 0.1) is 21.7 Å². The summed E-state index contributed by atoms with van der Waals surface area (Å²) in [6.45, 7) is 1.82. The second-order valence-corrected chi connectivity index (χ2v) is 10.3. The summed E-state index contributed by atoms with van der Waals surface area (Å²) in [5.41, 5.74) is 1.95. The van der Waals surface area contributed by atoms with Gasteiger partial charge in [-0.3, -0.25) is 13.9 Å². The van der Waals surface area contributed by atoms with Gasteiger partial charge < -0.3 is 0 Å². The quantitative estimate of drug-likeness (QED) is 0.369. The fourth-order valence-electron chi connectivity index (χ4n) is 2.79. The van der Waals surface area contributed by atoms with Crippen molar-refractivity contribution < 1.29 is 13.2 Å². The van der Waals surface area contributed by atoms with Crippen LogP contribution in [-0.4, -0.2) is 40.3 Å². The minimum absolute atomic E-state index is 0.0628. The largest absolute Gasteiger partial charge is 0.293 e. The molecule has 7 nitrogen and oxygen atoms in total. The molecule has 0 saturated heterocycles. The normalized spacial score (nSPS) is 13.1. The fourth-order valence-corrected chi connectivity index (χ4v) is 5.32. The number of aromatic nitrogens is 3. The molecule has 0 spiro atoms. The highest BCUT2D eigenvalue weighted by molar-refractivity contribution is 8.00. The minimum Gasteiger partial charge on any atom is -0.293 e. The zero-order valence-electron chi connectivity index (χ0n) is 15.0. The number of nitrogens with zero attached hydrogens (tertiary/aromatic N) is 3. The van der Waals surface area contributed by atoms with Crippen LogP contribution in [0.15, 0.2) is 53.7 Å². The van der Waals surface area contributed by atoms with Gasteiger partial charge in [0, 0.05) is 11.3 Å². The number of Topliss-reactive ketones (excluding diaryl/α,β-unsaturated/α-hetero) is 1. The molecule has 0 aliphatic rings. The van der Waals surface area contributed by atoms with Gasteiger partial charge in [0.25, 0.3) is 0 Å². The van der Waals surface area contributed by atoms with E-state index in [9.17, 15) is 13.2 Å². The van der Waals surface area contributed by atoms with Crippen LogP contribution < -0.4 is 4.72 Å². The van der Waals surface area contributed by atoms with Crippen LogP contribution in [-0.2, 0) is 10.0 Å². The van der Waals surface area contributed by atoms with Crippen molar-refractivity contribution in [1.29, 1.82) is 0 Å². The number of hydrogen-bond donors (Lipinski definition) is 1. The average molecular weight is 433 g/mol. The van der Waals surface area contributed by atoms with E-state index in [-0.39, 0.29) is 11.0 Å². The second kappa shape index (κ2) is 7.19. The molecule has 0 radical (unpaired) electrons. The van der Waals surface area contributed by atoms with E-state index >= 15 is 0 Å². The molecule has 10 heteroatoms. The molecule has 2 aromatic heterocycles. The molecule has 1 N–H and O–H groups in total. The number of carbonyl (C=O) groups is 1. The van der Waals surface area contributed by atoms with Gasteiger partial charge in [-0.1, -0.05) is 35.2 Å². The van der Waals surface area contributed by atoms with E-state index in [0.29, 0.717) is 16.4 Å². The average Bonchev–Trinajstić information content (AvgIpc) is 3.20. The fraction of sp³-hybridized carbons (Fsp3) is 0.167. The zero-order chi connectivity index (χ0) is 19.9. The van der Waals surface area contributed by atoms with E-state index in [4.69, 9.17) is 0 Å². The predicted molar refractivity (Wildman–Crippen MR) is 113 cm³/mol. The Hall–Kier alpha value is -2.43. The van der Waals surface area contributed by atoms with Crippen molar-refractivity contribution in [3.8, 4) is 0 Å². The molecular formula is C18H16N4O3S3. The Labute approximate surface area is 169 Å². The van der Waals surface area contributed by atoms with Crippen LogP contribution in [0.2, 0.25) is 0 Å². The summed E-state index contributed by atoms with van der Waals surface area (Å²) < 4.78 is 28.0. The van der Waals surface area contributed by atoms with E-state index in [0.717, 1.165) is 21.4 Å². The summed E-state index contributed by atoms with van der Waals surface area (Å²) in [6, 6.07) is 14.4. The van der Waals surface area contributed by atoms with Gasteiger partial charge in [0.15, 0.2) is 10.9 Å². The molecule has 4 aromatic rings. The van der Waals surface area contributed by atoms with Crippen molar-refractivity contribution in [2.45, 2.75) is 17.3 Å². The van der Waals surface area contributed by atoms with Crippen molar-refractivity contribution in [1.82, 2.24) is 14.6 Å². The Balaban J connectivity index is 1.56. The zero-order valence-corrected chi connectivity index (χ0v) is 17.4. The maximum Gasteiger partial charge on any atom is 0.229 e. The molecule has 4 rings (SSSR count). The summed E-state index contributed by atoms with van der Waals surface area (Å²) in [5.74, 6) is -0.0628. The number of rotatable bonds is 6. The molecule has 2 heterocycles. The van der Waals surface area contributed by atoms with Crippen LogP contribution in [0.4, 0.5) is 5.69 Å². The lowest BCUT2D eigenvalue weighted by Crippen LogP contribution is -2.14. The summed E-state index contributed by atoms with van der Waals surface area (Å²) in [5, 5.41) is 8.75. The Morgan fingerprint density at radius 3 is 2.57 bits per heavy atom. The molecule has 144 valence electrons. The molecule has 0 aliphatic heterocycles. The van der Waals surface area contributed by atoms with Gasteiger partial charge in [-0.2, -0.15) is 0 Å².